The third-order valence-electron chi connectivity index (χ3n) is 5.13. The number of methoxy groups -OCH3 is 1. The third-order valence-corrected chi connectivity index (χ3v) is 5.13. The highest BCUT2D eigenvalue weighted by Gasteiger charge is 2.25. The number of anilines is 2. The van der Waals surface area contributed by atoms with Crippen LogP contribution >= 0.6 is 0 Å². The van der Waals surface area contributed by atoms with Gasteiger partial charge in [-0.05, 0) is 53.1 Å². The number of nitrogens with one attached hydrogen (secondary N) is 1. The Morgan fingerprint density at radius 1 is 1.22 bits per heavy atom. The molecule has 2 aromatic heterocycles. The van der Waals surface area contributed by atoms with Gasteiger partial charge in [0.2, 0.25) is 11.6 Å². The maximum Gasteiger partial charge on any atom is 0.293 e. The van der Waals surface area contributed by atoms with Crippen LogP contribution in [0, 0.1) is 0 Å². The largest absolute Gasteiger partial charge is 0.493 e. The van der Waals surface area contributed by atoms with E-state index in [4.69, 9.17) is 19.8 Å². The number of hydrazone groups is 1. The van der Waals surface area contributed by atoms with Crippen molar-refractivity contribution in [1.82, 2.24) is 30.7 Å². The molecule has 0 bridgehead atoms. The molecule has 2 aromatic carbocycles. The summed E-state index contributed by atoms with van der Waals surface area (Å²) in [6.45, 7) is 2.66. The summed E-state index contributed by atoms with van der Waals surface area (Å²) in [5.74, 6) is 0.745. The lowest BCUT2D eigenvalue weighted by atomic mass is 10.2. The van der Waals surface area contributed by atoms with Gasteiger partial charge >= 0.3 is 0 Å². The first kappa shape index (κ1) is 24.2. The monoisotopic (exact) mass is 491 g/mol. The smallest absolute Gasteiger partial charge is 0.293 e. The summed E-state index contributed by atoms with van der Waals surface area (Å²) in [4.78, 5) is 14.9. The van der Waals surface area contributed by atoms with Crippen LogP contribution in [0.15, 0.2) is 58.3 Å². The average molecular weight is 492 g/mol. The lowest BCUT2D eigenvalue weighted by Crippen LogP contribution is -2.24. The molecular weight excluding hydrogens is 466 g/mol. The van der Waals surface area contributed by atoms with Gasteiger partial charge in [0, 0.05) is 12.7 Å². The lowest BCUT2D eigenvalue weighted by Gasteiger charge is -2.19. The van der Waals surface area contributed by atoms with Crippen LogP contribution in [0.3, 0.4) is 0 Å². The van der Waals surface area contributed by atoms with Gasteiger partial charge in [0.15, 0.2) is 17.2 Å². The van der Waals surface area contributed by atoms with Crippen LogP contribution in [0.5, 0.6) is 11.5 Å². The van der Waals surface area contributed by atoms with Gasteiger partial charge in [0.05, 0.1) is 32.2 Å². The average Bonchev–Trinajstić information content (AvgIpc) is 3.50. The predicted octanol–water partition coefficient (Wildman–Crippen LogP) is 2.04. The van der Waals surface area contributed by atoms with E-state index >= 15 is 0 Å². The summed E-state index contributed by atoms with van der Waals surface area (Å²) in [6, 6.07) is 14.9. The van der Waals surface area contributed by atoms with E-state index in [1.807, 2.05) is 49.2 Å². The number of hydrogen-bond donors (Lipinski definition) is 2. The number of carbonyl (C=O) groups excluding carboxylic acids is 1. The maximum absolute atomic E-state index is 13.0. The minimum Gasteiger partial charge on any atom is -0.493 e. The van der Waals surface area contributed by atoms with E-state index in [0.29, 0.717) is 29.4 Å². The zero-order valence-electron chi connectivity index (χ0n) is 20.0. The zero-order chi connectivity index (χ0) is 25.5. The summed E-state index contributed by atoms with van der Waals surface area (Å²) >= 11 is 0. The van der Waals surface area contributed by atoms with Crippen molar-refractivity contribution < 1.29 is 18.9 Å². The van der Waals surface area contributed by atoms with Crippen molar-refractivity contribution in [2.45, 2.75) is 13.5 Å². The molecule has 186 valence electrons. The second-order valence-corrected chi connectivity index (χ2v) is 7.50. The van der Waals surface area contributed by atoms with Crippen LogP contribution in [0.25, 0.3) is 5.82 Å². The van der Waals surface area contributed by atoms with Crippen molar-refractivity contribution in [1.29, 1.82) is 0 Å². The Morgan fingerprint density at radius 3 is 2.72 bits per heavy atom. The molecule has 0 spiro atoms. The number of nitrogens with zero attached hydrogens (tertiary/aromatic N) is 7. The molecule has 0 saturated heterocycles. The highest BCUT2D eigenvalue weighted by atomic mass is 16.6. The number of nitrogens with two attached hydrogens (primary N) is 1. The molecule has 13 nitrogen and oxygen atoms in total. The second-order valence-electron chi connectivity index (χ2n) is 7.50. The molecule has 0 atom stereocenters. The number of aromatic nitrogens is 5. The first-order valence-corrected chi connectivity index (χ1v) is 10.9. The normalized spacial score (nSPS) is 11.0. The Bertz CT molecular complexity index is 1350. The summed E-state index contributed by atoms with van der Waals surface area (Å²) < 4.78 is 16.9. The van der Waals surface area contributed by atoms with E-state index in [1.54, 1.807) is 25.3 Å². The van der Waals surface area contributed by atoms with Gasteiger partial charge in [0.1, 0.15) is 0 Å². The zero-order valence-corrected chi connectivity index (χ0v) is 20.0. The van der Waals surface area contributed by atoms with Gasteiger partial charge in [0.25, 0.3) is 5.91 Å². The minimum absolute atomic E-state index is 0.0120. The summed E-state index contributed by atoms with van der Waals surface area (Å²) in [5.41, 5.74) is 10.4. The van der Waals surface area contributed by atoms with E-state index < -0.39 is 5.91 Å². The molecule has 3 N–H and O–H groups in total. The fraction of sp³-hybridized carbons (Fsp3) is 0.217. The molecule has 0 aliphatic carbocycles. The van der Waals surface area contributed by atoms with Crippen molar-refractivity contribution in [3.63, 3.8) is 0 Å². The van der Waals surface area contributed by atoms with Gasteiger partial charge in [-0.3, -0.25) is 4.79 Å². The van der Waals surface area contributed by atoms with Gasteiger partial charge in [-0.1, -0.05) is 23.4 Å². The van der Waals surface area contributed by atoms with Crippen molar-refractivity contribution in [2.75, 3.05) is 31.4 Å². The molecule has 13 heteroatoms. The fourth-order valence-corrected chi connectivity index (χ4v) is 3.38. The van der Waals surface area contributed by atoms with Crippen molar-refractivity contribution in [2.24, 2.45) is 5.10 Å². The number of hydrogen-bond acceptors (Lipinski definition) is 11. The highest BCUT2D eigenvalue weighted by Crippen LogP contribution is 2.27. The molecular formula is C23H25N9O4. The van der Waals surface area contributed by atoms with Crippen molar-refractivity contribution in [3.05, 3.63) is 65.5 Å². The quantitative estimate of drug-likeness (QED) is 0.248. The molecule has 0 radical (unpaired) electrons. The first-order chi connectivity index (χ1) is 17.5. The molecule has 0 unspecified atom stereocenters. The van der Waals surface area contributed by atoms with E-state index in [1.165, 1.54) is 10.9 Å². The van der Waals surface area contributed by atoms with Gasteiger partial charge in [-0.15, -0.1) is 5.10 Å². The first-order valence-electron chi connectivity index (χ1n) is 10.9. The van der Waals surface area contributed by atoms with Gasteiger partial charge in [-0.25, -0.2) is 10.1 Å². The Morgan fingerprint density at radius 2 is 2.03 bits per heavy atom. The topological polar surface area (TPSA) is 159 Å². The molecule has 1 amide bonds. The molecule has 0 fully saturated rings. The summed E-state index contributed by atoms with van der Waals surface area (Å²) in [6.07, 6.45) is 1.48. The van der Waals surface area contributed by atoms with Crippen LogP contribution in [0.4, 0.5) is 11.5 Å². The number of benzene rings is 2. The SMILES string of the molecule is CCOc1ccc(C=NNC(=O)c2nnn(-c3nonc3N)c2CN(C)c2ccccc2)cc1OC. The van der Waals surface area contributed by atoms with Gasteiger partial charge in [-0.2, -0.15) is 9.78 Å². The van der Waals surface area contributed by atoms with Crippen LogP contribution in [0.2, 0.25) is 0 Å². The number of carbonyl (C=O) groups is 1. The maximum atomic E-state index is 13.0. The van der Waals surface area contributed by atoms with E-state index in [2.05, 4.69) is 31.2 Å². The highest BCUT2D eigenvalue weighted by molar-refractivity contribution is 5.94. The van der Waals surface area contributed by atoms with E-state index in [9.17, 15) is 4.79 Å². The standard InChI is InChI=1S/C23H25N9O4/c1-4-35-18-11-10-15(12-19(18)34-3)13-25-27-23(33)20-17(14-31(2)16-8-6-5-7-9-16)32(30-26-20)22-21(24)28-36-29-22/h5-13H,4,14H2,1-3H3,(H2,24,28)(H,27,33). The predicted molar refractivity (Wildman–Crippen MR) is 131 cm³/mol. The van der Waals surface area contributed by atoms with E-state index in [0.717, 1.165) is 5.69 Å². The number of amides is 1. The second kappa shape index (κ2) is 11.0. The molecule has 0 saturated carbocycles. The number of para-hydroxylation sites is 1. The molecule has 36 heavy (non-hydrogen) atoms. The van der Waals surface area contributed by atoms with Crippen LogP contribution in [-0.4, -0.2) is 58.2 Å². The molecule has 0 aliphatic heterocycles. The Kier molecular flexibility index (Phi) is 7.39. The van der Waals surface area contributed by atoms with Crippen LogP contribution < -0.4 is 25.5 Å². The van der Waals surface area contributed by atoms with E-state index in [-0.39, 0.29) is 23.9 Å². The summed E-state index contributed by atoms with van der Waals surface area (Å²) in [7, 11) is 3.42. The van der Waals surface area contributed by atoms with Crippen molar-refractivity contribution in [3.8, 4) is 17.3 Å². The van der Waals surface area contributed by atoms with Crippen LogP contribution in [0.1, 0.15) is 28.7 Å². The fourth-order valence-electron chi connectivity index (χ4n) is 3.38. The van der Waals surface area contributed by atoms with Crippen molar-refractivity contribution >= 4 is 23.6 Å². The third kappa shape index (κ3) is 5.24. The summed E-state index contributed by atoms with van der Waals surface area (Å²) in [5, 5.41) is 19.5. The Hall–Kier alpha value is -4.94. The van der Waals surface area contributed by atoms with Crippen LogP contribution in [-0.2, 0) is 6.54 Å². The molecule has 2 heterocycles. The number of nitrogen functional groups attached to an aromatic ring is 1. The number of ether oxygens (including phenoxy) is 2. The Balaban J connectivity index is 1.57. The molecule has 4 rings (SSSR count). The number of rotatable bonds is 10. The molecule has 0 aliphatic rings. The van der Waals surface area contributed by atoms with Gasteiger partial charge < -0.3 is 20.1 Å². The lowest BCUT2D eigenvalue weighted by molar-refractivity contribution is 0.0949. The minimum atomic E-state index is -0.568. The Labute approximate surface area is 206 Å². The molecule has 4 aromatic rings.